The highest BCUT2D eigenvalue weighted by Crippen LogP contribution is 2.36. The van der Waals surface area contributed by atoms with Crippen molar-refractivity contribution in [2.24, 2.45) is 41.4 Å². The quantitative estimate of drug-likeness (QED) is 0.150. The third kappa shape index (κ3) is 10.7. The van der Waals surface area contributed by atoms with E-state index < -0.39 is 54.2 Å². The van der Waals surface area contributed by atoms with Crippen LogP contribution in [0.1, 0.15) is 87.5 Å². The average Bonchev–Trinajstić information content (AvgIpc) is 2.92. The number of carboxylic acid groups (broad SMARTS) is 1. The lowest BCUT2D eigenvalue weighted by Gasteiger charge is -2.43. The molecule has 232 valence electrons. The lowest BCUT2D eigenvalue weighted by Crippen LogP contribution is -2.49. The minimum absolute atomic E-state index is 0.0634. The molecule has 0 bridgehead atoms. The molecule has 1 rings (SSSR count). The van der Waals surface area contributed by atoms with Crippen LogP contribution in [0.4, 0.5) is 0 Å². The van der Waals surface area contributed by atoms with E-state index in [1.54, 1.807) is 20.8 Å². The van der Waals surface area contributed by atoms with E-state index >= 15 is 0 Å². The van der Waals surface area contributed by atoms with E-state index in [1.807, 2.05) is 39.0 Å². The zero-order valence-corrected chi connectivity index (χ0v) is 26.1. The molecule has 0 unspecified atom stereocenters. The second kappa shape index (κ2) is 17.4. The highest BCUT2D eigenvalue weighted by atomic mass is 16.5. The lowest BCUT2D eigenvalue weighted by molar-refractivity contribution is -0.169. The Bertz CT molecular complexity index is 824. The van der Waals surface area contributed by atoms with Gasteiger partial charge in [0.25, 0.3) is 0 Å². The smallest absolute Gasteiger partial charge is 0.308 e. The molecular weight excluding hydrogens is 508 g/mol. The van der Waals surface area contributed by atoms with Crippen LogP contribution in [0.3, 0.4) is 0 Å². The molecule has 0 radical (unpaired) electrons. The normalized spacial score (nSPS) is 28.1. The highest BCUT2D eigenvalue weighted by molar-refractivity contribution is 5.70. The van der Waals surface area contributed by atoms with Crippen molar-refractivity contribution >= 4 is 5.97 Å². The zero-order chi connectivity index (χ0) is 30.7. The number of rotatable bonds is 17. The molecule has 0 aliphatic carbocycles. The van der Waals surface area contributed by atoms with E-state index in [2.05, 4.69) is 26.5 Å². The van der Waals surface area contributed by atoms with Crippen molar-refractivity contribution in [1.29, 1.82) is 0 Å². The molecule has 7 heteroatoms. The summed E-state index contributed by atoms with van der Waals surface area (Å²) in [5.41, 5.74) is 0.935. The van der Waals surface area contributed by atoms with Gasteiger partial charge in [0, 0.05) is 23.7 Å². The molecular formula is C33H58O7. The molecule has 0 spiro atoms. The standard InChI is InChI=1S/C33H58O7/c1-10-13-19(2)18-22(5)29(35)20(3)14-11-12-15-27(34)23(6)30(36)25(8)31(37)26(9)32-21(4)16-17-28(40-32)24(7)33(38)39/h10-11,14,18-21,23-32,34-37H,1,12-13,15-17H2,2-9H3,(H,38,39)/b14-11+,22-18+/t19-,20-,21-,23+,24-,25+,26-,27-,28+,29+,30-,31-,32+/m1/s1. The van der Waals surface area contributed by atoms with Crippen molar-refractivity contribution in [3.63, 3.8) is 0 Å². The van der Waals surface area contributed by atoms with Gasteiger partial charge in [-0.15, -0.1) is 6.58 Å². The number of ether oxygens (including phenoxy) is 1. The van der Waals surface area contributed by atoms with Crippen LogP contribution in [-0.2, 0) is 9.53 Å². The van der Waals surface area contributed by atoms with Gasteiger partial charge in [0.15, 0.2) is 0 Å². The van der Waals surface area contributed by atoms with Crippen LogP contribution >= 0.6 is 0 Å². The predicted molar refractivity (Wildman–Crippen MR) is 161 cm³/mol. The number of aliphatic hydroxyl groups excluding tert-OH is 4. The van der Waals surface area contributed by atoms with Crippen molar-refractivity contribution in [3.8, 4) is 0 Å². The van der Waals surface area contributed by atoms with Gasteiger partial charge in [0.2, 0.25) is 0 Å². The number of aliphatic hydroxyl groups is 4. The van der Waals surface area contributed by atoms with Crippen molar-refractivity contribution in [2.75, 3.05) is 0 Å². The summed E-state index contributed by atoms with van der Waals surface area (Å²) >= 11 is 0. The van der Waals surface area contributed by atoms with E-state index in [1.165, 1.54) is 0 Å². The Balaban J connectivity index is 2.66. The molecule has 1 aliphatic rings. The second-order valence-corrected chi connectivity index (χ2v) is 12.7. The fraction of sp³-hybridized carbons (Fsp3) is 0.788. The number of carboxylic acids is 1. The van der Waals surface area contributed by atoms with Crippen molar-refractivity contribution < 1.29 is 35.1 Å². The third-order valence-corrected chi connectivity index (χ3v) is 9.15. The molecule has 0 amide bonds. The van der Waals surface area contributed by atoms with Crippen LogP contribution < -0.4 is 0 Å². The fourth-order valence-electron chi connectivity index (χ4n) is 5.99. The Kier molecular flexibility index (Phi) is 15.9. The van der Waals surface area contributed by atoms with E-state index in [4.69, 9.17) is 4.74 Å². The molecule has 5 N–H and O–H groups in total. The summed E-state index contributed by atoms with van der Waals surface area (Å²) in [4.78, 5) is 11.5. The molecule has 1 aliphatic heterocycles. The van der Waals surface area contributed by atoms with Crippen LogP contribution in [0.15, 0.2) is 36.5 Å². The summed E-state index contributed by atoms with van der Waals surface area (Å²) < 4.78 is 6.18. The molecule has 7 nitrogen and oxygen atoms in total. The summed E-state index contributed by atoms with van der Waals surface area (Å²) in [5, 5.41) is 53.0. The Hall–Kier alpha value is -1.51. The van der Waals surface area contributed by atoms with E-state index in [-0.39, 0.29) is 23.9 Å². The summed E-state index contributed by atoms with van der Waals surface area (Å²) in [6, 6.07) is 0. The van der Waals surface area contributed by atoms with Crippen molar-refractivity contribution in [2.45, 2.75) is 124 Å². The maximum atomic E-state index is 11.5. The summed E-state index contributed by atoms with van der Waals surface area (Å²) in [7, 11) is 0. The van der Waals surface area contributed by atoms with Gasteiger partial charge in [-0.25, -0.2) is 0 Å². The zero-order valence-electron chi connectivity index (χ0n) is 26.1. The average molecular weight is 567 g/mol. The van der Waals surface area contributed by atoms with E-state index in [9.17, 15) is 30.3 Å². The van der Waals surface area contributed by atoms with Crippen LogP contribution in [0, 0.1) is 41.4 Å². The van der Waals surface area contributed by atoms with Crippen molar-refractivity contribution in [3.05, 3.63) is 36.5 Å². The van der Waals surface area contributed by atoms with E-state index in [0.29, 0.717) is 25.2 Å². The van der Waals surface area contributed by atoms with Gasteiger partial charge in [-0.2, -0.15) is 0 Å². The number of hydrogen-bond acceptors (Lipinski definition) is 6. The van der Waals surface area contributed by atoms with Gasteiger partial charge in [-0.3, -0.25) is 4.79 Å². The Morgan fingerprint density at radius 2 is 1.62 bits per heavy atom. The first kappa shape index (κ1) is 36.5. The molecule has 1 saturated heterocycles. The molecule has 0 saturated carbocycles. The minimum Gasteiger partial charge on any atom is -0.481 e. The first-order valence-electron chi connectivity index (χ1n) is 15.2. The third-order valence-electron chi connectivity index (χ3n) is 9.15. The van der Waals surface area contributed by atoms with Gasteiger partial charge < -0.3 is 30.3 Å². The molecule has 0 aromatic rings. The summed E-state index contributed by atoms with van der Waals surface area (Å²) in [6.07, 6.45) is 7.49. The van der Waals surface area contributed by atoms with Crippen LogP contribution in [0.2, 0.25) is 0 Å². The Morgan fingerprint density at radius 3 is 2.20 bits per heavy atom. The Labute approximate surface area is 243 Å². The van der Waals surface area contributed by atoms with Crippen LogP contribution in [0.5, 0.6) is 0 Å². The molecule has 0 aromatic heterocycles. The number of hydrogen-bond donors (Lipinski definition) is 5. The van der Waals surface area contributed by atoms with Crippen LogP contribution in [0.25, 0.3) is 0 Å². The number of aliphatic carboxylic acids is 1. The molecule has 1 heterocycles. The summed E-state index contributed by atoms with van der Waals surface area (Å²) in [5.74, 6) is -2.34. The predicted octanol–water partition coefficient (Wildman–Crippen LogP) is 5.37. The fourth-order valence-corrected chi connectivity index (χ4v) is 5.99. The van der Waals surface area contributed by atoms with Crippen molar-refractivity contribution in [1.82, 2.24) is 0 Å². The molecule has 13 atom stereocenters. The maximum Gasteiger partial charge on any atom is 0.308 e. The first-order chi connectivity index (χ1) is 18.6. The second-order valence-electron chi connectivity index (χ2n) is 12.7. The highest BCUT2D eigenvalue weighted by Gasteiger charge is 2.41. The molecule has 1 fully saturated rings. The number of allylic oxidation sites excluding steroid dienone is 3. The summed E-state index contributed by atoms with van der Waals surface area (Å²) in [6.45, 7) is 18.9. The van der Waals surface area contributed by atoms with Crippen LogP contribution in [-0.4, -0.2) is 68.1 Å². The van der Waals surface area contributed by atoms with Gasteiger partial charge >= 0.3 is 5.97 Å². The molecule has 40 heavy (non-hydrogen) atoms. The van der Waals surface area contributed by atoms with Gasteiger partial charge in [-0.05, 0) is 63.4 Å². The van der Waals surface area contributed by atoms with Gasteiger partial charge in [0.1, 0.15) is 0 Å². The maximum absolute atomic E-state index is 11.5. The van der Waals surface area contributed by atoms with E-state index in [0.717, 1.165) is 18.4 Å². The van der Waals surface area contributed by atoms with Gasteiger partial charge in [-0.1, -0.05) is 65.8 Å². The molecule has 0 aromatic carbocycles. The number of carbonyl (C=O) groups is 1. The monoisotopic (exact) mass is 566 g/mol. The van der Waals surface area contributed by atoms with Gasteiger partial charge in [0.05, 0.1) is 42.5 Å². The SMILES string of the molecule is C=CC[C@@H](C)/C=C(\C)[C@@H](O)[C@H](C)/C=C/CC[C@@H](O)[C@H](C)[C@@H](O)[C@H](C)[C@@H](O)[C@@H](C)[C@H]1O[C@H]([C@@H](C)C(=O)O)CC[C@H]1C. The largest absolute Gasteiger partial charge is 0.481 e. The minimum atomic E-state index is -0.921. The lowest BCUT2D eigenvalue weighted by atomic mass is 9.76. The topological polar surface area (TPSA) is 127 Å². The first-order valence-corrected chi connectivity index (χ1v) is 15.2. The Morgan fingerprint density at radius 1 is 1.00 bits per heavy atom.